The molecule has 0 amide bonds. The third-order valence-electron chi connectivity index (χ3n) is 4.12. The van der Waals surface area contributed by atoms with Crippen molar-refractivity contribution in [2.45, 2.75) is 39.3 Å². The Kier molecular flexibility index (Phi) is 7.66. The van der Waals surface area contributed by atoms with Crippen molar-refractivity contribution in [3.8, 4) is 0 Å². The molecule has 0 saturated carbocycles. The Morgan fingerprint density at radius 3 is 2.96 bits per heavy atom. The van der Waals surface area contributed by atoms with Crippen molar-refractivity contribution in [2.24, 2.45) is 0 Å². The van der Waals surface area contributed by atoms with Crippen LogP contribution in [0, 0.1) is 0 Å². The molecule has 0 aliphatic rings. The molecule has 0 spiro atoms. The van der Waals surface area contributed by atoms with Crippen LogP contribution in [0.4, 0.5) is 0 Å². The number of fused-ring (bicyclic) bond motifs is 1. The van der Waals surface area contributed by atoms with Gasteiger partial charge in [0.2, 0.25) is 0 Å². The quantitative estimate of drug-likeness (QED) is 0.396. The molecule has 0 saturated heterocycles. The minimum atomic E-state index is -0.359. The van der Waals surface area contributed by atoms with E-state index in [9.17, 15) is 4.79 Å². The fourth-order valence-corrected chi connectivity index (χ4v) is 2.51. The second kappa shape index (κ2) is 9.97. The van der Waals surface area contributed by atoms with Gasteiger partial charge in [-0.1, -0.05) is 42.3 Å². The first-order valence-corrected chi connectivity index (χ1v) is 8.76. The fourth-order valence-electron chi connectivity index (χ4n) is 2.51. The van der Waals surface area contributed by atoms with Crippen LogP contribution in [0.3, 0.4) is 0 Å². The number of benzene rings is 1. The lowest BCUT2D eigenvalue weighted by Crippen LogP contribution is -2.16. The highest BCUT2D eigenvalue weighted by atomic mass is 16.6. The van der Waals surface area contributed by atoms with Gasteiger partial charge in [-0.15, -0.1) is 0 Å². The van der Waals surface area contributed by atoms with E-state index >= 15 is 0 Å². The molecule has 0 fully saturated rings. The Balaban J connectivity index is 1.92. The summed E-state index contributed by atoms with van der Waals surface area (Å²) in [6, 6.07) is 5.75. The van der Waals surface area contributed by atoms with Gasteiger partial charge in [-0.25, -0.2) is 9.78 Å². The molecule has 0 bridgehead atoms. The van der Waals surface area contributed by atoms with Crippen LogP contribution in [0.2, 0.25) is 0 Å². The molecule has 1 aromatic heterocycles. The monoisotopic (exact) mass is 352 g/mol. The molecule has 136 valence electrons. The SMILES string of the molecule is [B]c1ccc2ncn(C/C(=C/C=C\CC(C)OCC(=O)OC)CC)c2c1. The maximum absolute atomic E-state index is 11.0. The molecule has 1 heterocycles. The number of carbonyl (C=O) groups excluding carboxylic acids is 1. The first-order chi connectivity index (χ1) is 12.5. The maximum atomic E-state index is 11.0. The Morgan fingerprint density at radius 1 is 1.42 bits per heavy atom. The average Bonchev–Trinajstić information content (AvgIpc) is 3.03. The smallest absolute Gasteiger partial charge is 0.331 e. The summed E-state index contributed by atoms with van der Waals surface area (Å²) in [6.45, 7) is 4.82. The fraction of sp³-hybridized carbons (Fsp3) is 0.400. The molecule has 0 N–H and O–H groups in total. The topological polar surface area (TPSA) is 53.4 Å². The van der Waals surface area contributed by atoms with E-state index in [2.05, 4.69) is 27.3 Å². The molecule has 1 atom stereocenters. The highest BCUT2D eigenvalue weighted by Gasteiger charge is 2.05. The maximum Gasteiger partial charge on any atom is 0.331 e. The van der Waals surface area contributed by atoms with E-state index in [0.717, 1.165) is 35.9 Å². The van der Waals surface area contributed by atoms with Crippen LogP contribution in [0.5, 0.6) is 0 Å². The van der Waals surface area contributed by atoms with Gasteiger partial charge in [0.1, 0.15) is 14.5 Å². The van der Waals surface area contributed by atoms with Crippen LogP contribution in [0.15, 0.2) is 48.3 Å². The van der Waals surface area contributed by atoms with E-state index in [0.29, 0.717) is 0 Å². The van der Waals surface area contributed by atoms with Crippen LogP contribution in [0.25, 0.3) is 11.0 Å². The van der Waals surface area contributed by atoms with Gasteiger partial charge < -0.3 is 14.0 Å². The van der Waals surface area contributed by atoms with Crippen molar-refractivity contribution in [3.63, 3.8) is 0 Å². The van der Waals surface area contributed by atoms with Crippen molar-refractivity contribution >= 4 is 30.3 Å². The van der Waals surface area contributed by atoms with Crippen molar-refractivity contribution in [3.05, 3.63) is 48.3 Å². The van der Waals surface area contributed by atoms with E-state index in [4.69, 9.17) is 12.6 Å². The number of rotatable bonds is 9. The minimum absolute atomic E-state index is 0.0155. The van der Waals surface area contributed by atoms with Gasteiger partial charge in [-0.05, 0) is 31.9 Å². The number of ether oxygens (including phenoxy) is 2. The zero-order valence-corrected chi connectivity index (χ0v) is 15.6. The van der Waals surface area contributed by atoms with E-state index in [1.807, 2.05) is 43.6 Å². The Morgan fingerprint density at radius 2 is 2.23 bits per heavy atom. The molecular weight excluding hydrogens is 327 g/mol. The number of methoxy groups -OCH3 is 1. The Labute approximate surface area is 156 Å². The molecule has 1 unspecified atom stereocenters. The summed E-state index contributed by atoms with van der Waals surface area (Å²) in [7, 11) is 7.24. The summed E-state index contributed by atoms with van der Waals surface area (Å²) < 4.78 is 12.1. The van der Waals surface area contributed by atoms with Crippen LogP contribution in [-0.4, -0.2) is 43.2 Å². The lowest BCUT2D eigenvalue weighted by molar-refractivity contribution is -0.147. The molecule has 2 aromatic rings. The van der Waals surface area contributed by atoms with Gasteiger partial charge >= 0.3 is 5.97 Å². The molecule has 0 aliphatic carbocycles. The van der Waals surface area contributed by atoms with Gasteiger partial charge in [-0.3, -0.25) is 0 Å². The summed E-state index contributed by atoms with van der Waals surface area (Å²) in [6.07, 6.45) is 9.68. The number of hydrogen-bond acceptors (Lipinski definition) is 4. The molecule has 26 heavy (non-hydrogen) atoms. The number of esters is 1. The zero-order valence-electron chi connectivity index (χ0n) is 15.6. The van der Waals surface area contributed by atoms with Crippen LogP contribution >= 0.6 is 0 Å². The predicted octanol–water partition coefficient (Wildman–Crippen LogP) is 2.69. The number of allylic oxidation sites excluding steroid dienone is 3. The first-order valence-electron chi connectivity index (χ1n) is 8.76. The second-order valence-corrected chi connectivity index (χ2v) is 6.16. The van der Waals surface area contributed by atoms with Crippen molar-refractivity contribution < 1.29 is 14.3 Å². The first kappa shape index (κ1) is 20.0. The van der Waals surface area contributed by atoms with Crippen molar-refractivity contribution in [1.29, 1.82) is 0 Å². The van der Waals surface area contributed by atoms with Crippen LogP contribution in [-0.2, 0) is 20.8 Å². The average molecular weight is 352 g/mol. The van der Waals surface area contributed by atoms with Crippen molar-refractivity contribution in [2.75, 3.05) is 13.7 Å². The standard InChI is InChI=1S/C20H25BN2O3/c1-4-16(8-6-5-7-15(2)26-13-20(24)25-3)12-23-14-22-18-10-9-17(21)11-19(18)23/h5-6,8-11,14-15H,4,7,12-13H2,1-3H3/b6-5-,16-8+. The Hall–Kier alpha value is -2.34. The highest BCUT2D eigenvalue weighted by molar-refractivity contribution is 6.33. The molecule has 1 aromatic carbocycles. The highest BCUT2D eigenvalue weighted by Crippen LogP contribution is 2.14. The number of aromatic nitrogens is 2. The summed E-state index contributed by atoms with van der Waals surface area (Å²) >= 11 is 0. The number of hydrogen-bond donors (Lipinski definition) is 0. The molecule has 5 nitrogen and oxygen atoms in total. The summed E-state index contributed by atoms with van der Waals surface area (Å²) in [5.41, 5.74) is 4.01. The van der Waals surface area contributed by atoms with Gasteiger partial charge in [0.05, 0.1) is 30.6 Å². The van der Waals surface area contributed by atoms with Gasteiger partial charge in [0, 0.05) is 6.54 Å². The van der Waals surface area contributed by atoms with Gasteiger partial charge in [-0.2, -0.15) is 0 Å². The van der Waals surface area contributed by atoms with Gasteiger partial charge in [0.25, 0.3) is 0 Å². The van der Waals surface area contributed by atoms with E-state index in [1.54, 1.807) is 0 Å². The third kappa shape index (κ3) is 5.88. The normalized spacial score (nSPS) is 13.4. The molecule has 6 heteroatoms. The predicted molar refractivity (Wildman–Crippen MR) is 105 cm³/mol. The molecule has 2 radical (unpaired) electrons. The van der Waals surface area contributed by atoms with Gasteiger partial charge in [0.15, 0.2) is 0 Å². The molecule has 2 rings (SSSR count). The minimum Gasteiger partial charge on any atom is -0.467 e. The molecule has 0 aliphatic heterocycles. The lowest BCUT2D eigenvalue weighted by Gasteiger charge is -2.09. The van der Waals surface area contributed by atoms with E-state index in [-0.39, 0.29) is 18.7 Å². The largest absolute Gasteiger partial charge is 0.467 e. The summed E-state index contributed by atoms with van der Waals surface area (Å²) in [5.74, 6) is -0.359. The number of nitrogens with zero attached hydrogens (tertiary/aromatic N) is 2. The number of carbonyl (C=O) groups is 1. The van der Waals surface area contributed by atoms with Crippen LogP contribution in [0.1, 0.15) is 26.7 Å². The number of imidazole rings is 1. The van der Waals surface area contributed by atoms with E-state index in [1.165, 1.54) is 12.7 Å². The zero-order chi connectivity index (χ0) is 18.9. The Bertz CT molecular complexity index is 795. The van der Waals surface area contributed by atoms with E-state index < -0.39 is 0 Å². The summed E-state index contributed by atoms with van der Waals surface area (Å²) in [5, 5.41) is 0. The van der Waals surface area contributed by atoms with Crippen molar-refractivity contribution in [1.82, 2.24) is 9.55 Å². The van der Waals surface area contributed by atoms with Crippen LogP contribution < -0.4 is 5.46 Å². The third-order valence-corrected chi connectivity index (χ3v) is 4.12. The molecular formula is C20H25BN2O3. The lowest BCUT2D eigenvalue weighted by atomic mass is 9.96. The second-order valence-electron chi connectivity index (χ2n) is 6.16. The summed E-state index contributed by atoms with van der Waals surface area (Å²) in [4.78, 5) is 15.5.